The van der Waals surface area contributed by atoms with Crippen LogP contribution in [0.15, 0.2) is 46.9 Å². The number of nitrogens with zero attached hydrogens (tertiary/aromatic N) is 6. The van der Waals surface area contributed by atoms with E-state index < -0.39 is 12.0 Å². The number of hydrogen-bond donors (Lipinski definition) is 0. The van der Waals surface area contributed by atoms with E-state index in [-0.39, 0.29) is 5.65 Å². The van der Waals surface area contributed by atoms with Crippen LogP contribution in [0, 0.1) is 0 Å². The first-order valence-corrected chi connectivity index (χ1v) is 9.22. The molecular weight excluding hydrogens is 385 g/mol. The van der Waals surface area contributed by atoms with Crippen molar-refractivity contribution in [2.45, 2.75) is 12.7 Å². The van der Waals surface area contributed by atoms with Crippen molar-refractivity contribution >= 4 is 22.4 Å². The molecule has 4 aromatic rings. The molecule has 10 heteroatoms. The number of fused-ring (bicyclic) bond motifs is 2. The van der Waals surface area contributed by atoms with E-state index in [0.717, 1.165) is 34.3 Å². The van der Waals surface area contributed by atoms with Gasteiger partial charge in [0.1, 0.15) is 17.2 Å². The lowest BCUT2D eigenvalue weighted by atomic mass is 10.2. The molecule has 1 saturated heterocycles. The molecule has 0 aliphatic carbocycles. The lowest BCUT2D eigenvalue weighted by molar-refractivity contribution is -0.146. The van der Waals surface area contributed by atoms with E-state index in [4.69, 9.17) is 4.42 Å². The standard InChI is InChI=1S/C19H17F3N6O/c20-19(21,22)18-24-23-16-5-6-17(25-28(16)18)27-9-7-26(8-10-27)12-14-11-13-3-1-2-4-15(13)29-14/h1-6,11H,7-10,12H2. The number of aromatic nitrogens is 4. The van der Waals surface area contributed by atoms with E-state index in [9.17, 15) is 13.2 Å². The summed E-state index contributed by atoms with van der Waals surface area (Å²) in [5.41, 5.74) is 0.942. The Labute approximate surface area is 163 Å². The van der Waals surface area contributed by atoms with Crippen molar-refractivity contribution in [3.63, 3.8) is 0 Å². The topological polar surface area (TPSA) is 62.7 Å². The summed E-state index contributed by atoms with van der Waals surface area (Å²) < 4.78 is 45.8. The van der Waals surface area contributed by atoms with Gasteiger partial charge in [0.25, 0.3) is 5.82 Å². The van der Waals surface area contributed by atoms with Gasteiger partial charge in [0.2, 0.25) is 0 Å². The third kappa shape index (κ3) is 3.39. The fourth-order valence-corrected chi connectivity index (χ4v) is 3.59. The number of halogens is 3. The lowest BCUT2D eigenvalue weighted by Gasteiger charge is -2.34. The summed E-state index contributed by atoms with van der Waals surface area (Å²) in [5.74, 6) is 0.266. The third-order valence-electron chi connectivity index (χ3n) is 5.05. The summed E-state index contributed by atoms with van der Waals surface area (Å²) in [7, 11) is 0. The maximum atomic E-state index is 13.1. The minimum atomic E-state index is -4.60. The molecule has 29 heavy (non-hydrogen) atoms. The number of benzene rings is 1. The molecule has 5 rings (SSSR count). The second-order valence-electron chi connectivity index (χ2n) is 7.00. The van der Waals surface area contributed by atoms with Crippen molar-refractivity contribution in [2.24, 2.45) is 0 Å². The summed E-state index contributed by atoms with van der Waals surface area (Å²) in [4.78, 5) is 4.22. The molecule has 0 radical (unpaired) electrons. The van der Waals surface area contributed by atoms with Crippen LogP contribution in [-0.4, -0.2) is 50.9 Å². The molecule has 1 aliphatic rings. The number of piperazine rings is 1. The van der Waals surface area contributed by atoms with E-state index in [2.05, 4.69) is 20.2 Å². The molecule has 0 bridgehead atoms. The molecular formula is C19H17F3N6O. The number of anilines is 1. The van der Waals surface area contributed by atoms with Crippen molar-refractivity contribution < 1.29 is 17.6 Å². The van der Waals surface area contributed by atoms with Crippen molar-refractivity contribution in [2.75, 3.05) is 31.1 Å². The van der Waals surface area contributed by atoms with E-state index in [1.54, 1.807) is 6.07 Å². The molecule has 150 valence electrons. The lowest BCUT2D eigenvalue weighted by Crippen LogP contribution is -2.46. The second-order valence-corrected chi connectivity index (χ2v) is 7.00. The molecule has 0 atom stereocenters. The third-order valence-corrected chi connectivity index (χ3v) is 5.05. The Kier molecular flexibility index (Phi) is 4.16. The van der Waals surface area contributed by atoms with Gasteiger partial charge in [0.15, 0.2) is 5.65 Å². The number of hydrogen-bond acceptors (Lipinski definition) is 6. The van der Waals surface area contributed by atoms with Crippen molar-refractivity contribution in [1.29, 1.82) is 0 Å². The molecule has 0 N–H and O–H groups in total. The van der Waals surface area contributed by atoms with Crippen molar-refractivity contribution in [3.05, 3.63) is 54.0 Å². The zero-order valence-electron chi connectivity index (χ0n) is 15.3. The summed E-state index contributed by atoms with van der Waals surface area (Å²) in [6, 6.07) is 13.1. The molecule has 7 nitrogen and oxygen atoms in total. The van der Waals surface area contributed by atoms with E-state index in [1.807, 2.05) is 35.2 Å². The highest BCUT2D eigenvalue weighted by molar-refractivity contribution is 5.77. The van der Waals surface area contributed by atoms with Gasteiger partial charge in [-0.1, -0.05) is 18.2 Å². The van der Waals surface area contributed by atoms with Gasteiger partial charge in [-0.2, -0.15) is 17.7 Å². The number of rotatable bonds is 3. The van der Waals surface area contributed by atoms with Gasteiger partial charge >= 0.3 is 6.18 Å². The van der Waals surface area contributed by atoms with Crippen LogP contribution in [0.3, 0.4) is 0 Å². The molecule has 0 amide bonds. The van der Waals surface area contributed by atoms with Crippen LogP contribution in [0.1, 0.15) is 11.6 Å². The van der Waals surface area contributed by atoms with Crippen LogP contribution >= 0.6 is 0 Å². The molecule has 1 fully saturated rings. The first kappa shape index (κ1) is 17.9. The summed E-state index contributed by atoms with van der Waals surface area (Å²) in [5, 5.41) is 12.0. The smallest absolute Gasteiger partial charge is 0.453 e. The van der Waals surface area contributed by atoms with Gasteiger partial charge in [-0.3, -0.25) is 4.90 Å². The number of para-hydroxylation sites is 1. The van der Waals surface area contributed by atoms with Crippen LogP contribution in [0.5, 0.6) is 0 Å². The fourth-order valence-electron chi connectivity index (χ4n) is 3.59. The summed E-state index contributed by atoms with van der Waals surface area (Å²) in [6.07, 6.45) is -4.60. The highest BCUT2D eigenvalue weighted by atomic mass is 19.4. The number of alkyl halides is 3. The van der Waals surface area contributed by atoms with Gasteiger partial charge in [0, 0.05) is 31.6 Å². The maximum Gasteiger partial charge on any atom is 0.453 e. The fraction of sp³-hybridized carbons (Fsp3) is 0.316. The highest BCUT2D eigenvalue weighted by Gasteiger charge is 2.37. The molecule has 1 aromatic carbocycles. The van der Waals surface area contributed by atoms with E-state index >= 15 is 0 Å². The predicted octanol–water partition coefficient (Wildman–Crippen LogP) is 3.21. The quantitative estimate of drug-likeness (QED) is 0.525. The van der Waals surface area contributed by atoms with Gasteiger partial charge in [-0.05, 0) is 24.3 Å². The highest BCUT2D eigenvalue weighted by Crippen LogP contribution is 2.28. The molecule has 0 saturated carbocycles. The van der Waals surface area contributed by atoms with Crippen LogP contribution in [0.4, 0.5) is 19.0 Å². The average Bonchev–Trinajstić information content (AvgIpc) is 3.31. The molecule has 0 unspecified atom stereocenters. The summed E-state index contributed by atoms with van der Waals surface area (Å²) >= 11 is 0. The Balaban J connectivity index is 1.29. The molecule has 0 spiro atoms. The SMILES string of the molecule is FC(F)(F)c1nnc2ccc(N3CCN(Cc4cc5ccccc5o4)CC3)nn12. The maximum absolute atomic E-state index is 13.1. The Morgan fingerprint density at radius 2 is 1.76 bits per heavy atom. The second kappa shape index (κ2) is 6.73. The van der Waals surface area contributed by atoms with Crippen molar-refractivity contribution in [3.8, 4) is 0 Å². The van der Waals surface area contributed by atoms with E-state index in [1.165, 1.54) is 6.07 Å². The van der Waals surface area contributed by atoms with Crippen LogP contribution in [0.25, 0.3) is 16.6 Å². The number of furan rings is 1. The predicted molar refractivity (Wildman–Crippen MR) is 99.5 cm³/mol. The van der Waals surface area contributed by atoms with Gasteiger partial charge < -0.3 is 9.32 Å². The Morgan fingerprint density at radius 1 is 0.966 bits per heavy atom. The van der Waals surface area contributed by atoms with Crippen molar-refractivity contribution in [1.82, 2.24) is 24.7 Å². The average molecular weight is 402 g/mol. The van der Waals surface area contributed by atoms with Crippen LogP contribution in [0.2, 0.25) is 0 Å². The first-order valence-electron chi connectivity index (χ1n) is 9.22. The Morgan fingerprint density at radius 3 is 2.52 bits per heavy atom. The van der Waals surface area contributed by atoms with Gasteiger partial charge in [0.05, 0.1) is 6.54 Å². The largest absolute Gasteiger partial charge is 0.460 e. The first-order chi connectivity index (χ1) is 14.0. The molecule has 4 heterocycles. The zero-order valence-corrected chi connectivity index (χ0v) is 15.3. The van der Waals surface area contributed by atoms with Crippen LogP contribution < -0.4 is 4.90 Å². The normalized spacial score (nSPS) is 16.2. The zero-order chi connectivity index (χ0) is 20.0. The minimum Gasteiger partial charge on any atom is -0.460 e. The monoisotopic (exact) mass is 402 g/mol. The van der Waals surface area contributed by atoms with E-state index in [0.29, 0.717) is 25.5 Å². The minimum absolute atomic E-state index is 0.0737. The van der Waals surface area contributed by atoms with Gasteiger partial charge in [-0.25, -0.2) is 0 Å². The van der Waals surface area contributed by atoms with Gasteiger partial charge in [-0.15, -0.1) is 15.3 Å². The Hall–Kier alpha value is -3.14. The van der Waals surface area contributed by atoms with Crippen LogP contribution in [-0.2, 0) is 12.7 Å². The molecule has 3 aromatic heterocycles. The Bertz CT molecular complexity index is 1130. The molecule has 1 aliphatic heterocycles. The summed E-state index contributed by atoms with van der Waals surface area (Å²) in [6.45, 7) is 3.51.